The van der Waals surface area contributed by atoms with Crippen molar-refractivity contribution in [2.75, 3.05) is 18.5 Å². The predicted octanol–water partition coefficient (Wildman–Crippen LogP) is 3.22. The van der Waals surface area contributed by atoms with Gasteiger partial charge >= 0.3 is 0 Å². The Morgan fingerprint density at radius 2 is 2.06 bits per heavy atom. The van der Waals surface area contributed by atoms with E-state index in [1.54, 1.807) is 23.2 Å². The third-order valence-electron chi connectivity index (χ3n) is 4.98. The topological polar surface area (TPSA) is 110 Å². The molecule has 0 unspecified atom stereocenters. The van der Waals surface area contributed by atoms with Crippen LogP contribution in [0.4, 0.5) is 5.82 Å². The molecule has 0 aliphatic carbocycles. The Kier molecular flexibility index (Phi) is 6.21. The summed E-state index contributed by atoms with van der Waals surface area (Å²) in [7, 11) is 0. The lowest BCUT2D eigenvalue weighted by molar-refractivity contribution is -0.138. The molecule has 4 rings (SSSR count). The Labute approximate surface area is 179 Å². The first-order chi connectivity index (χ1) is 15.1. The quantitative estimate of drug-likeness (QED) is 0.650. The van der Waals surface area contributed by atoms with Crippen molar-refractivity contribution in [2.24, 2.45) is 0 Å². The molecule has 9 heteroatoms. The summed E-state index contributed by atoms with van der Waals surface area (Å²) >= 11 is 0. The number of hydrogen-bond acceptors (Lipinski definition) is 7. The summed E-state index contributed by atoms with van der Waals surface area (Å²) in [6.07, 6.45) is 4.19. The van der Waals surface area contributed by atoms with Crippen LogP contribution >= 0.6 is 0 Å². The lowest BCUT2D eigenvalue weighted by Gasteiger charge is -2.33. The van der Waals surface area contributed by atoms with Crippen molar-refractivity contribution in [3.05, 3.63) is 54.6 Å². The SMILES string of the molecule is CC(=O)Nc1cc(-c2noc([C@H]3CCCCN3C(=O)COc3ccccc3)n2)ccn1. The van der Waals surface area contributed by atoms with E-state index in [9.17, 15) is 9.59 Å². The van der Waals surface area contributed by atoms with Gasteiger partial charge in [-0.15, -0.1) is 0 Å². The number of ether oxygens (including phenoxy) is 1. The number of piperidine rings is 1. The molecule has 9 nitrogen and oxygen atoms in total. The maximum atomic E-state index is 12.8. The smallest absolute Gasteiger partial charge is 0.261 e. The summed E-state index contributed by atoms with van der Waals surface area (Å²) in [6.45, 7) is 1.98. The molecule has 0 bridgehead atoms. The van der Waals surface area contributed by atoms with Gasteiger partial charge in [-0.2, -0.15) is 4.98 Å². The Hall–Kier alpha value is -3.75. The van der Waals surface area contributed by atoms with E-state index in [-0.39, 0.29) is 24.5 Å². The van der Waals surface area contributed by atoms with Crippen LogP contribution in [0.1, 0.15) is 38.1 Å². The number of likely N-dealkylation sites (tertiary alicyclic amines) is 1. The Morgan fingerprint density at radius 1 is 1.23 bits per heavy atom. The number of carbonyl (C=O) groups is 2. The van der Waals surface area contributed by atoms with E-state index in [2.05, 4.69) is 20.4 Å². The van der Waals surface area contributed by atoms with Gasteiger partial charge in [0.15, 0.2) is 6.61 Å². The van der Waals surface area contributed by atoms with Crippen molar-refractivity contribution in [3.8, 4) is 17.1 Å². The number of anilines is 1. The van der Waals surface area contributed by atoms with Gasteiger partial charge in [0.25, 0.3) is 5.91 Å². The molecule has 0 spiro atoms. The molecule has 3 heterocycles. The molecule has 1 fully saturated rings. The summed E-state index contributed by atoms with van der Waals surface area (Å²) in [4.78, 5) is 34.5. The van der Waals surface area contributed by atoms with Crippen LogP contribution in [0, 0.1) is 0 Å². The van der Waals surface area contributed by atoms with Gasteiger partial charge in [0.2, 0.25) is 17.6 Å². The molecular weight excluding hydrogens is 398 g/mol. The minimum Gasteiger partial charge on any atom is -0.484 e. The summed E-state index contributed by atoms with van der Waals surface area (Å²) in [5.41, 5.74) is 0.662. The molecule has 0 radical (unpaired) electrons. The number of benzene rings is 1. The first-order valence-corrected chi connectivity index (χ1v) is 10.1. The van der Waals surface area contributed by atoms with Crippen LogP contribution in [0.2, 0.25) is 0 Å². The van der Waals surface area contributed by atoms with Crippen LogP contribution in [-0.2, 0) is 9.59 Å². The molecule has 1 atom stereocenters. The van der Waals surface area contributed by atoms with E-state index < -0.39 is 0 Å². The van der Waals surface area contributed by atoms with Crippen LogP contribution in [0.5, 0.6) is 5.75 Å². The molecule has 0 saturated carbocycles. The normalized spacial score (nSPS) is 16.0. The van der Waals surface area contributed by atoms with Gasteiger partial charge in [0, 0.05) is 25.2 Å². The Bertz CT molecular complexity index is 1050. The number of nitrogens with zero attached hydrogens (tertiary/aromatic N) is 4. The number of hydrogen-bond donors (Lipinski definition) is 1. The molecule has 1 aliphatic rings. The van der Waals surface area contributed by atoms with Crippen molar-refractivity contribution >= 4 is 17.6 Å². The maximum Gasteiger partial charge on any atom is 0.261 e. The lowest BCUT2D eigenvalue weighted by Crippen LogP contribution is -2.41. The Morgan fingerprint density at radius 3 is 2.87 bits per heavy atom. The number of para-hydroxylation sites is 1. The first kappa shape index (κ1) is 20.5. The number of amides is 2. The third-order valence-corrected chi connectivity index (χ3v) is 4.98. The van der Waals surface area contributed by atoms with Crippen molar-refractivity contribution < 1.29 is 18.8 Å². The van der Waals surface area contributed by atoms with Crippen LogP contribution in [0.25, 0.3) is 11.4 Å². The van der Waals surface area contributed by atoms with Crippen molar-refractivity contribution in [3.63, 3.8) is 0 Å². The average Bonchev–Trinajstić information content (AvgIpc) is 3.28. The van der Waals surface area contributed by atoms with Gasteiger partial charge in [-0.3, -0.25) is 9.59 Å². The standard InChI is InChI=1S/C22H23N5O4/c1-15(28)24-19-13-16(10-11-23-19)21-25-22(31-26-21)18-9-5-6-12-27(18)20(29)14-30-17-7-3-2-4-8-17/h2-4,7-8,10-11,13,18H,5-6,9,12,14H2,1H3,(H,23,24,28)/t18-/m1/s1. The highest BCUT2D eigenvalue weighted by atomic mass is 16.5. The number of carbonyl (C=O) groups excluding carboxylic acids is 2. The van der Waals surface area contributed by atoms with E-state index >= 15 is 0 Å². The molecule has 160 valence electrons. The highest BCUT2D eigenvalue weighted by Gasteiger charge is 2.32. The van der Waals surface area contributed by atoms with Crippen molar-refractivity contribution in [1.82, 2.24) is 20.0 Å². The van der Waals surface area contributed by atoms with Crippen LogP contribution in [-0.4, -0.2) is 45.0 Å². The fraction of sp³-hybridized carbons (Fsp3) is 0.318. The lowest BCUT2D eigenvalue weighted by atomic mass is 10.0. The average molecular weight is 421 g/mol. The van der Waals surface area contributed by atoms with E-state index in [1.165, 1.54) is 6.92 Å². The minimum absolute atomic E-state index is 0.0497. The van der Waals surface area contributed by atoms with Crippen LogP contribution in [0.15, 0.2) is 53.2 Å². The zero-order chi connectivity index (χ0) is 21.6. The van der Waals surface area contributed by atoms with Crippen LogP contribution in [0.3, 0.4) is 0 Å². The number of nitrogens with one attached hydrogen (secondary N) is 1. The summed E-state index contributed by atoms with van der Waals surface area (Å²) in [5.74, 6) is 1.49. The summed E-state index contributed by atoms with van der Waals surface area (Å²) < 4.78 is 11.1. The van der Waals surface area contributed by atoms with Crippen molar-refractivity contribution in [2.45, 2.75) is 32.2 Å². The van der Waals surface area contributed by atoms with Gasteiger partial charge < -0.3 is 19.5 Å². The van der Waals surface area contributed by atoms with Gasteiger partial charge in [-0.1, -0.05) is 23.4 Å². The van der Waals surface area contributed by atoms with E-state index in [4.69, 9.17) is 9.26 Å². The fourth-order valence-corrected chi connectivity index (χ4v) is 3.54. The number of pyridine rings is 1. The number of rotatable bonds is 6. The largest absolute Gasteiger partial charge is 0.484 e. The second kappa shape index (κ2) is 9.38. The van der Waals surface area contributed by atoms with E-state index in [1.807, 2.05) is 30.3 Å². The Balaban J connectivity index is 1.48. The minimum atomic E-state index is -0.293. The van der Waals surface area contributed by atoms with Gasteiger partial charge in [0.05, 0.1) is 0 Å². The number of aromatic nitrogens is 3. The summed E-state index contributed by atoms with van der Waals surface area (Å²) in [6, 6.07) is 12.4. The third kappa shape index (κ3) is 5.06. The molecule has 2 amide bonds. The highest BCUT2D eigenvalue weighted by molar-refractivity contribution is 5.88. The zero-order valence-electron chi connectivity index (χ0n) is 17.2. The van der Waals surface area contributed by atoms with Gasteiger partial charge in [-0.05, 0) is 43.5 Å². The second-order valence-electron chi connectivity index (χ2n) is 7.27. The molecule has 1 saturated heterocycles. The molecule has 1 N–H and O–H groups in total. The fourth-order valence-electron chi connectivity index (χ4n) is 3.54. The molecular formula is C22H23N5O4. The highest BCUT2D eigenvalue weighted by Crippen LogP contribution is 2.31. The molecule has 2 aromatic heterocycles. The van der Waals surface area contributed by atoms with Gasteiger partial charge in [-0.25, -0.2) is 4.98 Å². The van der Waals surface area contributed by atoms with E-state index in [0.717, 1.165) is 19.3 Å². The predicted molar refractivity (Wildman–Crippen MR) is 112 cm³/mol. The van der Waals surface area contributed by atoms with Crippen LogP contribution < -0.4 is 10.1 Å². The molecule has 1 aromatic carbocycles. The van der Waals surface area contributed by atoms with Gasteiger partial charge in [0.1, 0.15) is 17.6 Å². The first-order valence-electron chi connectivity index (χ1n) is 10.1. The molecule has 1 aliphatic heterocycles. The van der Waals surface area contributed by atoms with Crippen molar-refractivity contribution in [1.29, 1.82) is 0 Å². The zero-order valence-corrected chi connectivity index (χ0v) is 17.2. The second-order valence-corrected chi connectivity index (χ2v) is 7.27. The summed E-state index contributed by atoms with van der Waals surface area (Å²) in [5, 5.41) is 6.71. The molecule has 31 heavy (non-hydrogen) atoms. The van der Waals surface area contributed by atoms with E-state index in [0.29, 0.717) is 35.4 Å². The maximum absolute atomic E-state index is 12.8. The monoisotopic (exact) mass is 421 g/mol. The molecule has 3 aromatic rings.